The molecule has 1 aliphatic carbocycles. The van der Waals surface area contributed by atoms with Gasteiger partial charge >= 0.3 is 5.97 Å². The second-order valence-corrected chi connectivity index (χ2v) is 6.66. The highest BCUT2D eigenvalue weighted by atomic mass is 19.1. The Hall–Kier alpha value is -3.10. The summed E-state index contributed by atoms with van der Waals surface area (Å²) in [5.74, 6) is -5.24. The molecule has 1 heterocycles. The second-order valence-electron chi connectivity index (χ2n) is 6.66. The number of rotatable bonds is 5. The third-order valence-corrected chi connectivity index (χ3v) is 4.75. The molecule has 148 valence electrons. The zero-order valence-electron chi connectivity index (χ0n) is 15.0. The second kappa shape index (κ2) is 7.87. The predicted molar refractivity (Wildman–Crippen MR) is 92.6 cm³/mol. The van der Waals surface area contributed by atoms with Gasteiger partial charge in [-0.2, -0.15) is 0 Å². The fraction of sp³-hybridized carbons (Fsp3) is 0.368. The Morgan fingerprint density at radius 2 is 1.79 bits per heavy atom. The quantitative estimate of drug-likeness (QED) is 0.469. The van der Waals surface area contributed by atoms with Crippen LogP contribution >= 0.6 is 0 Å². The van der Waals surface area contributed by atoms with Gasteiger partial charge < -0.3 is 10.1 Å². The van der Waals surface area contributed by atoms with Gasteiger partial charge in [-0.1, -0.05) is 12.2 Å². The van der Waals surface area contributed by atoms with E-state index in [2.05, 4.69) is 5.32 Å². The summed E-state index contributed by atoms with van der Waals surface area (Å²) in [6.07, 6.45) is 3.20. The van der Waals surface area contributed by atoms with E-state index in [0.29, 0.717) is 12.8 Å². The number of imide groups is 1. The smallest absolute Gasteiger partial charge is 0.326 e. The summed E-state index contributed by atoms with van der Waals surface area (Å²) < 4.78 is 31.7. The minimum absolute atomic E-state index is 0.394. The first-order valence-corrected chi connectivity index (χ1v) is 8.73. The van der Waals surface area contributed by atoms with Gasteiger partial charge in [-0.15, -0.1) is 0 Å². The number of hydrogen-bond donors (Lipinski definition) is 1. The predicted octanol–water partition coefficient (Wildman–Crippen LogP) is 1.79. The molecule has 1 N–H and O–H groups in total. The Bertz CT molecular complexity index is 844. The van der Waals surface area contributed by atoms with Crippen LogP contribution in [0.25, 0.3) is 0 Å². The number of nitrogens with one attached hydrogen (secondary N) is 1. The molecule has 0 aromatic heterocycles. The molecule has 3 rings (SSSR count). The molecule has 7 nitrogen and oxygen atoms in total. The number of anilines is 1. The van der Waals surface area contributed by atoms with E-state index in [1.165, 1.54) is 6.92 Å². The molecule has 0 saturated carbocycles. The first-order valence-electron chi connectivity index (χ1n) is 8.73. The summed E-state index contributed by atoms with van der Waals surface area (Å²) in [5, 5.41) is 2.12. The van der Waals surface area contributed by atoms with Crippen LogP contribution in [-0.4, -0.2) is 41.2 Å². The molecule has 0 unspecified atom stereocenters. The number of likely N-dealkylation sites (tertiary alicyclic amines) is 1. The third kappa shape index (κ3) is 3.92. The first-order chi connectivity index (χ1) is 13.3. The van der Waals surface area contributed by atoms with Gasteiger partial charge in [0.25, 0.3) is 5.91 Å². The van der Waals surface area contributed by atoms with Crippen molar-refractivity contribution in [3.05, 3.63) is 42.0 Å². The molecule has 1 saturated heterocycles. The summed E-state index contributed by atoms with van der Waals surface area (Å²) in [4.78, 5) is 49.6. The van der Waals surface area contributed by atoms with Gasteiger partial charge in [0.05, 0.1) is 17.5 Å². The number of ether oxygens (including phenoxy) is 1. The van der Waals surface area contributed by atoms with Gasteiger partial charge in [0.15, 0.2) is 6.10 Å². The molecule has 2 aliphatic rings. The number of hydrogen-bond acceptors (Lipinski definition) is 5. The summed E-state index contributed by atoms with van der Waals surface area (Å²) in [7, 11) is 0. The summed E-state index contributed by atoms with van der Waals surface area (Å²) in [5.41, 5.74) is -0.394. The molecule has 9 heteroatoms. The maximum atomic E-state index is 13.6. The lowest BCUT2D eigenvalue weighted by Crippen LogP contribution is -2.39. The van der Waals surface area contributed by atoms with Crippen LogP contribution in [0.3, 0.4) is 0 Å². The summed E-state index contributed by atoms with van der Waals surface area (Å²) in [6.45, 7) is 0.637. The Morgan fingerprint density at radius 3 is 2.39 bits per heavy atom. The number of benzene rings is 1. The number of halogens is 2. The average molecular weight is 392 g/mol. The van der Waals surface area contributed by atoms with Crippen LogP contribution < -0.4 is 5.32 Å². The number of allylic oxidation sites excluding steroid dienone is 2. The molecule has 0 radical (unpaired) electrons. The number of fused-ring (bicyclic) bond motifs is 1. The van der Waals surface area contributed by atoms with Crippen LogP contribution in [0.4, 0.5) is 14.5 Å². The molecular weight excluding hydrogens is 374 g/mol. The lowest BCUT2D eigenvalue weighted by Gasteiger charge is -2.17. The highest BCUT2D eigenvalue weighted by Crippen LogP contribution is 2.34. The van der Waals surface area contributed by atoms with Crippen molar-refractivity contribution in [2.24, 2.45) is 11.8 Å². The van der Waals surface area contributed by atoms with Crippen LogP contribution in [0.1, 0.15) is 19.8 Å². The third-order valence-electron chi connectivity index (χ3n) is 4.75. The minimum Gasteiger partial charge on any atom is -0.451 e. The SMILES string of the molecule is C[C@H](OC(=O)CN1C(=O)[C@H]2CC=CC[C@@H]2C1=O)C(=O)Nc1cc(F)ccc1F. The van der Waals surface area contributed by atoms with Gasteiger partial charge in [0.2, 0.25) is 11.8 Å². The molecule has 1 aromatic rings. The molecule has 1 aromatic carbocycles. The summed E-state index contributed by atoms with van der Waals surface area (Å²) in [6, 6.07) is 2.53. The Morgan fingerprint density at radius 1 is 1.18 bits per heavy atom. The molecular formula is C19H18F2N2O5. The van der Waals surface area contributed by atoms with Crippen LogP contribution in [0.5, 0.6) is 0 Å². The van der Waals surface area contributed by atoms with Crippen molar-refractivity contribution in [1.82, 2.24) is 4.90 Å². The molecule has 3 atom stereocenters. The fourth-order valence-corrected chi connectivity index (χ4v) is 3.27. The van der Waals surface area contributed by atoms with Gasteiger partial charge in [0, 0.05) is 6.07 Å². The number of esters is 1. The van der Waals surface area contributed by atoms with Crippen molar-refractivity contribution in [2.45, 2.75) is 25.9 Å². The number of carbonyl (C=O) groups is 4. The monoisotopic (exact) mass is 392 g/mol. The van der Waals surface area contributed by atoms with Crippen LogP contribution in [-0.2, 0) is 23.9 Å². The average Bonchev–Trinajstić information content (AvgIpc) is 2.90. The Labute approximate surface area is 159 Å². The zero-order chi connectivity index (χ0) is 20.4. The highest BCUT2D eigenvalue weighted by molar-refractivity contribution is 6.07. The van der Waals surface area contributed by atoms with Crippen molar-refractivity contribution in [3.63, 3.8) is 0 Å². The van der Waals surface area contributed by atoms with E-state index in [4.69, 9.17) is 4.74 Å². The number of amides is 3. The van der Waals surface area contributed by atoms with Gasteiger partial charge in [-0.3, -0.25) is 24.1 Å². The standard InChI is InChI=1S/C19H18F2N2O5/c1-10(17(25)22-15-8-11(20)6-7-14(15)21)28-16(24)9-23-18(26)12-4-2-3-5-13(12)19(23)27/h2-3,6-8,10,12-13H,4-5,9H2,1H3,(H,22,25)/t10-,12-,13-/m0/s1. The highest BCUT2D eigenvalue weighted by Gasteiger charge is 2.47. The Kier molecular flexibility index (Phi) is 5.53. The maximum absolute atomic E-state index is 13.6. The molecule has 0 bridgehead atoms. The van der Waals surface area contributed by atoms with Gasteiger partial charge in [-0.05, 0) is 31.9 Å². The van der Waals surface area contributed by atoms with Crippen molar-refractivity contribution in [2.75, 3.05) is 11.9 Å². The van der Waals surface area contributed by atoms with Gasteiger partial charge in [-0.25, -0.2) is 8.78 Å². The van der Waals surface area contributed by atoms with Crippen LogP contribution in [0.2, 0.25) is 0 Å². The van der Waals surface area contributed by atoms with Crippen molar-refractivity contribution in [1.29, 1.82) is 0 Å². The molecule has 1 aliphatic heterocycles. The van der Waals surface area contributed by atoms with E-state index in [0.717, 1.165) is 23.1 Å². The largest absolute Gasteiger partial charge is 0.451 e. The first kappa shape index (κ1) is 19.7. The lowest BCUT2D eigenvalue weighted by molar-refractivity contribution is -0.158. The topological polar surface area (TPSA) is 92.8 Å². The van der Waals surface area contributed by atoms with E-state index < -0.39 is 65.5 Å². The minimum atomic E-state index is -1.34. The normalized spacial score (nSPS) is 22.0. The van der Waals surface area contributed by atoms with Crippen molar-refractivity contribution >= 4 is 29.4 Å². The Balaban J connectivity index is 1.57. The van der Waals surface area contributed by atoms with Gasteiger partial charge in [0.1, 0.15) is 18.2 Å². The van der Waals surface area contributed by atoms with E-state index in [9.17, 15) is 28.0 Å². The number of nitrogens with zero attached hydrogens (tertiary/aromatic N) is 1. The molecule has 1 fully saturated rings. The molecule has 3 amide bonds. The molecule has 28 heavy (non-hydrogen) atoms. The zero-order valence-corrected chi connectivity index (χ0v) is 15.0. The number of carbonyl (C=O) groups excluding carboxylic acids is 4. The van der Waals surface area contributed by atoms with Crippen molar-refractivity contribution in [3.8, 4) is 0 Å². The molecule has 0 spiro atoms. The van der Waals surface area contributed by atoms with Crippen LogP contribution in [0.15, 0.2) is 30.4 Å². The van der Waals surface area contributed by atoms with E-state index in [1.807, 2.05) is 12.2 Å². The van der Waals surface area contributed by atoms with E-state index in [1.54, 1.807) is 0 Å². The lowest BCUT2D eigenvalue weighted by atomic mass is 9.85. The van der Waals surface area contributed by atoms with E-state index >= 15 is 0 Å². The fourth-order valence-electron chi connectivity index (χ4n) is 3.27. The van der Waals surface area contributed by atoms with Crippen molar-refractivity contribution < 1.29 is 32.7 Å². The summed E-state index contributed by atoms with van der Waals surface area (Å²) >= 11 is 0. The van der Waals surface area contributed by atoms with Crippen LogP contribution in [0, 0.1) is 23.5 Å². The van der Waals surface area contributed by atoms with E-state index in [-0.39, 0.29) is 0 Å². The maximum Gasteiger partial charge on any atom is 0.326 e.